The molecule has 0 heterocycles. The molecule has 100 valence electrons. The van der Waals surface area contributed by atoms with Gasteiger partial charge in [-0.1, -0.05) is 26.2 Å². The van der Waals surface area contributed by atoms with Gasteiger partial charge in [-0.15, -0.1) is 0 Å². The Labute approximate surface area is 105 Å². The van der Waals surface area contributed by atoms with Crippen molar-refractivity contribution in [2.24, 2.45) is 11.7 Å². The number of rotatable bonds is 2. The van der Waals surface area contributed by atoms with Gasteiger partial charge in [0.15, 0.2) is 9.84 Å². The van der Waals surface area contributed by atoms with Gasteiger partial charge in [-0.25, -0.2) is 8.42 Å². The van der Waals surface area contributed by atoms with Crippen LogP contribution >= 0.6 is 0 Å². The first-order valence-electron chi connectivity index (χ1n) is 7.00. The summed E-state index contributed by atoms with van der Waals surface area (Å²) in [4.78, 5) is 0. The maximum Gasteiger partial charge on any atom is 0.157 e. The van der Waals surface area contributed by atoms with Crippen molar-refractivity contribution < 1.29 is 8.42 Å². The molecule has 0 aromatic heterocycles. The van der Waals surface area contributed by atoms with Gasteiger partial charge in [-0.3, -0.25) is 0 Å². The highest BCUT2D eigenvalue weighted by Gasteiger charge is 2.40. The summed E-state index contributed by atoms with van der Waals surface area (Å²) in [5.74, 6) is 0.512. The van der Waals surface area contributed by atoms with E-state index in [1.807, 2.05) is 0 Å². The molecule has 2 aliphatic rings. The third-order valence-corrected chi connectivity index (χ3v) is 7.33. The second kappa shape index (κ2) is 5.27. The van der Waals surface area contributed by atoms with Crippen LogP contribution in [0.1, 0.15) is 58.3 Å². The van der Waals surface area contributed by atoms with Crippen molar-refractivity contribution in [3.8, 4) is 0 Å². The summed E-state index contributed by atoms with van der Waals surface area (Å²) in [6, 6.07) is -0.127. The Bertz CT molecular complexity index is 346. The molecule has 0 bridgehead atoms. The van der Waals surface area contributed by atoms with E-state index in [9.17, 15) is 8.42 Å². The molecule has 17 heavy (non-hydrogen) atoms. The van der Waals surface area contributed by atoms with Gasteiger partial charge in [0.1, 0.15) is 0 Å². The second-order valence-corrected chi connectivity index (χ2v) is 8.42. The Morgan fingerprint density at radius 1 is 1.00 bits per heavy atom. The van der Waals surface area contributed by atoms with Crippen LogP contribution in [0.2, 0.25) is 0 Å². The van der Waals surface area contributed by atoms with Crippen LogP contribution in [0.15, 0.2) is 0 Å². The minimum Gasteiger partial charge on any atom is -0.327 e. The average molecular weight is 259 g/mol. The number of sulfone groups is 1. The zero-order valence-electron chi connectivity index (χ0n) is 10.8. The maximum absolute atomic E-state index is 12.6. The molecule has 2 N–H and O–H groups in total. The first-order valence-corrected chi connectivity index (χ1v) is 8.61. The molecule has 2 fully saturated rings. The summed E-state index contributed by atoms with van der Waals surface area (Å²) < 4.78 is 25.2. The normalized spacial score (nSPS) is 36.9. The summed E-state index contributed by atoms with van der Waals surface area (Å²) >= 11 is 0. The number of hydrogen-bond donors (Lipinski definition) is 1. The highest BCUT2D eigenvalue weighted by molar-refractivity contribution is 7.92. The molecule has 2 aliphatic carbocycles. The summed E-state index contributed by atoms with van der Waals surface area (Å²) in [7, 11) is -2.99. The van der Waals surface area contributed by atoms with E-state index in [1.165, 1.54) is 6.42 Å². The van der Waals surface area contributed by atoms with Crippen molar-refractivity contribution in [2.75, 3.05) is 0 Å². The molecule has 0 aromatic rings. The molecule has 0 amide bonds. The van der Waals surface area contributed by atoms with E-state index in [0.717, 1.165) is 44.9 Å². The zero-order valence-corrected chi connectivity index (χ0v) is 11.6. The van der Waals surface area contributed by atoms with E-state index >= 15 is 0 Å². The molecule has 0 aromatic carbocycles. The van der Waals surface area contributed by atoms with E-state index in [1.54, 1.807) is 0 Å². The van der Waals surface area contributed by atoms with Crippen LogP contribution in [-0.2, 0) is 9.84 Å². The van der Waals surface area contributed by atoms with Gasteiger partial charge in [0.25, 0.3) is 0 Å². The molecule has 3 atom stereocenters. The highest BCUT2D eigenvalue weighted by atomic mass is 32.2. The summed E-state index contributed by atoms with van der Waals surface area (Å²) in [5.41, 5.74) is 6.05. The largest absolute Gasteiger partial charge is 0.327 e. The fourth-order valence-electron chi connectivity index (χ4n) is 3.37. The molecule has 2 rings (SSSR count). The van der Waals surface area contributed by atoms with Gasteiger partial charge in [0, 0.05) is 6.04 Å². The van der Waals surface area contributed by atoms with Gasteiger partial charge < -0.3 is 5.73 Å². The Balaban J connectivity index is 2.12. The van der Waals surface area contributed by atoms with Crippen LogP contribution in [0, 0.1) is 5.92 Å². The molecular weight excluding hydrogens is 234 g/mol. The molecular formula is C13H25NO2S. The van der Waals surface area contributed by atoms with Crippen LogP contribution in [0.4, 0.5) is 0 Å². The molecule has 0 radical (unpaired) electrons. The standard InChI is InChI=1S/C13H25NO2S/c1-10-7-8-12(14)13(9-10)17(15,16)11-5-3-2-4-6-11/h10-13H,2-9,14H2,1H3. The maximum atomic E-state index is 12.6. The molecule has 0 aliphatic heterocycles. The predicted octanol–water partition coefficient (Wildman–Crippen LogP) is 2.25. The molecule has 2 saturated carbocycles. The van der Waals surface area contributed by atoms with Gasteiger partial charge in [0.05, 0.1) is 10.5 Å². The van der Waals surface area contributed by atoms with Crippen LogP contribution in [0.3, 0.4) is 0 Å². The minimum absolute atomic E-state index is 0.0994. The van der Waals surface area contributed by atoms with E-state index in [-0.39, 0.29) is 16.5 Å². The Kier molecular flexibility index (Phi) is 4.14. The van der Waals surface area contributed by atoms with Crippen LogP contribution in [0.5, 0.6) is 0 Å². The lowest BCUT2D eigenvalue weighted by atomic mass is 9.87. The monoisotopic (exact) mass is 259 g/mol. The smallest absolute Gasteiger partial charge is 0.157 e. The lowest BCUT2D eigenvalue weighted by molar-refractivity contribution is 0.342. The summed E-state index contributed by atoms with van der Waals surface area (Å²) in [5, 5.41) is -0.369. The molecule has 3 nitrogen and oxygen atoms in total. The van der Waals surface area contributed by atoms with Crippen LogP contribution in [-0.4, -0.2) is 25.0 Å². The third-order valence-electron chi connectivity index (χ3n) is 4.54. The summed E-state index contributed by atoms with van der Waals surface area (Å²) in [6.45, 7) is 2.15. The number of nitrogens with two attached hydrogens (primary N) is 1. The lowest BCUT2D eigenvalue weighted by Gasteiger charge is -2.35. The number of hydrogen-bond acceptors (Lipinski definition) is 3. The van der Waals surface area contributed by atoms with E-state index in [4.69, 9.17) is 5.73 Å². The van der Waals surface area contributed by atoms with Gasteiger partial charge in [0.2, 0.25) is 0 Å². The van der Waals surface area contributed by atoms with Crippen molar-refractivity contribution in [3.63, 3.8) is 0 Å². The Morgan fingerprint density at radius 2 is 1.65 bits per heavy atom. The van der Waals surface area contributed by atoms with E-state index in [0.29, 0.717) is 5.92 Å². The molecule has 3 unspecified atom stereocenters. The van der Waals surface area contributed by atoms with Crippen molar-refractivity contribution in [2.45, 2.75) is 74.8 Å². The fraction of sp³-hybridized carbons (Fsp3) is 1.00. The molecule has 0 spiro atoms. The first kappa shape index (κ1) is 13.3. The quantitative estimate of drug-likeness (QED) is 0.827. The average Bonchev–Trinajstić information content (AvgIpc) is 2.33. The van der Waals surface area contributed by atoms with Crippen LogP contribution < -0.4 is 5.73 Å². The second-order valence-electron chi connectivity index (χ2n) is 5.97. The van der Waals surface area contributed by atoms with E-state index in [2.05, 4.69) is 6.92 Å². The van der Waals surface area contributed by atoms with Gasteiger partial charge in [-0.05, 0) is 38.0 Å². The van der Waals surface area contributed by atoms with Crippen molar-refractivity contribution >= 4 is 9.84 Å². The van der Waals surface area contributed by atoms with Gasteiger partial charge in [-0.2, -0.15) is 0 Å². The Morgan fingerprint density at radius 3 is 2.29 bits per heavy atom. The highest BCUT2D eigenvalue weighted by Crippen LogP contribution is 2.34. The summed E-state index contributed by atoms with van der Waals surface area (Å²) in [6.07, 6.45) is 7.79. The lowest BCUT2D eigenvalue weighted by Crippen LogP contribution is -2.48. The van der Waals surface area contributed by atoms with E-state index < -0.39 is 9.84 Å². The molecule has 4 heteroatoms. The first-order chi connectivity index (χ1) is 8.01. The fourth-order valence-corrected chi connectivity index (χ4v) is 6.08. The van der Waals surface area contributed by atoms with Crippen molar-refractivity contribution in [3.05, 3.63) is 0 Å². The Hall–Kier alpha value is -0.0900. The molecule has 0 saturated heterocycles. The third kappa shape index (κ3) is 2.84. The van der Waals surface area contributed by atoms with Crippen LogP contribution in [0.25, 0.3) is 0 Å². The predicted molar refractivity (Wildman–Crippen MR) is 70.6 cm³/mol. The minimum atomic E-state index is -2.99. The van der Waals surface area contributed by atoms with Gasteiger partial charge >= 0.3 is 0 Å². The zero-order chi connectivity index (χ0) is 12.5. The van der Waals surface area contributed by atoms with Crippen molar-refractivity contribution in [1.29, 1.82) is 0 Å². The SMILES string of the molecule is CC1CCC(N)C(S(=O)(=O)C2CCCCC2)C1. The topological polar surface area (TPSA) is 60.2 Å². The van der Waals surface area contributed by atoms with Crippen molar-refractivity contribution in [1.82, 2.24) is 0 Å².